The maximum atomic E-state index is 13.1. The lowest BCUT2D eigenvalue weighted by Crippen LogP contribution is -2.25. The third kappa shape index (κ3) is 2.97. The summed E-state index contributed by atoms with van der Waals surface area (Å²) in [7, 11) is 0. The van der Waals surface area contributed by atoms with Gasteiger partial charge in [-0.3, -0.25) is 9.36 Å². The molecule has 0 aliphatic heterocycles. The minimum Gasteiger partial charge on any atom is -0.268 e. The number of aryl methyl sites for hydroxylation is 1. The van der Waals surface area contributed by atoms with Crippen LogP contribution in [-0.2, 0) is 0 Å². The van der Waals surface area contributed by atoms with Crippen LogP contribution >= 0.6 is 0 Å². The largest absolute Gasteiger partial charge is 0.268 e. The molecule has 0 radical (unpaired) electrons. The van der Waals surface area contributed by atoms with E-state index in [-0.39, 0.29) is 5.56 Å². The standard InChI is InChI=1S/C21H18N2O/c1-3-4-15-19-16(2)22-20(17-11-7-5-8-12-17)23(21(19)24)18-13-9-6-10-14-18/h3-15H,1H2,2H3/b15-4+. The number of aromatic nitrogens is 2. The van der Waals surface area contributed by atoms with Crippen LogP contribution in [0.1, 0.15) is 11.3 Å². The highest BCUT2D eigenvalue weighted by molar-refractivity contribution is 5.62. The predicted molar refractivity (Wildman–Crippen MR) is 99.2 cm³/mol. The van der Waals surface area contributed by atoms with Crippen molar-refractivity contribution in [2.75, 3.05) is 0 Å². The summed E-state index contributed by atoms with van der Waals surface area (Å²) in [6, 6.07) is 19.3. The third-order valence-electron chi connectivity index (χ3n) is 3.75. The van der Waals surface area contributed by atoms with Gasteiger partial charge in [-0.05, 0) is 25.1 Å². The smallest absolute Gasteiger partial charge is 0.265 e. The van der Waals surface area contributed by atoms with Crippen LogP contribution in [-0.4, -0.2) is 9.55 Å². The molecule has 3 rings (SSSR count). The number of hydrogen-bond acceptors (Lipinski definition) is 2. The summed E-state index contributed by atoms with van der Waals surface area (Å²) in [6.45, 7) is 5.52. The Kier molecular flexibility index (Phi) is 4.52. The summed E-state index contributed by atoms with van der Waals surface area (Å²) in [6.07, 6.45) is 5.16. The topological polar surface area (TPSA) is 34.9 Å². The molecule has 24 heavy (non-hydrogen) atoms. The van der Waals surface area contributed by atoms with E-state index in [4.69, 9.17) is 4.98 Å². The summed E-state index contributed by atoms with van der Waals surface area (Å²) in [5.41, 5.74) is 2.87. The zero-order chi connectivity index (χ0) is 16.9. The van der Waals surface area contributed by atoms with Gasteiger partial charge in [0, 0.05) is 5.56 Å². The van der Waals surface area contributed by atoms with E-state index in [1.165, 1.54) is 0 Å². The van der Waals surface area contributed by atoms with Gasteiger partial charge in [-0.1, -0.05) is 67.3 Å². The number of allylic oxidation sites excluding steroid dienone is 2. The highest BCUT2D eigenvalue weighted by Gasteiger charge is 2.15. The summed E-state index contributed by atoms with van der Waals surface area (Å²) in [5.74, 6) is 0.639. The van der Waals surface area contributed by atoms with Gasteiger partial charge in [-0.2, -0.15) is 0 Å². The second-order valence-corrected chi connectivity index (χ2v) is 5.37. The Balaban J connectivity index is 2.36. The van der Waals surface area contributed by atoms with Crippen LogP contribution in [0.25, 0.3) is 23.2 Å². The number of para-hydroxylation sites is 1. The fourth-order valence-electron chi connectivity index (χ4n) is 2.59. The average molecular weight is 314 g/mol. The maximum Gasteiger partial charge on any atom is 0.265 e. The van der Waals surface area contributed by atoms with Crippen LogP contribution in [0.15, 0.2) is 84.2 Å². The Labute approximate surface area is 141 Å². The lowest BCUT2D eigenvalue weighted by Gasteiger charge is -2.15. The van der Waals surface area contributed by atoms with Gasteiger partial charge in [0.15, 0.2) is 0 Å². The fraction of sp³-hybridized carbons (Fsp3) is 0.0476. The SMILES string of the molecule is C=C/C=C/c1c(C)nc(-c2ccccc2)n(-c2ccccc2)c1=O. The highest BCUT2D eigenvalue weighted by Crippen LogP contribution is 2.20. The third-order valence-corrected chi connectivity index (χ3v) is 3.75. The summed E-state index contributed by atoms with van der Waals surface area (Å²) < 4.78 is 1.66. The molecular weight excluding hydrogens is 296 g/mol. The molecule has 0 amide bonds. The summed E-state index contributed by atoms with van der Waals surface area (Å²) in [5, 5.41) is 0. The normalized spacial score (nSPS) is 10.9. The van der Waals surface area contributed by atoms with Crippen molar-refractivity contribution in [2.45, 2.75) is 6.92 Å². The minimum atomic E-state index is -0.0920. The van der Waals surface area contributed by atoms with E-state index in [0.29, 0.717) is 17.1 Å². The van der Waals surface area contributed by atoms with Crippen molar-refractivity contribution in [3.63, 3.8) is 0 Å². The van der Waals surface area contributed by atoms with Crippen molar-refractivity contribution in [3.8, 4) is 17.1 Å². The van der Waals surface area contributed by atoms with Crippen molar-refractivity contribution >= 4 is 6.08 Å². The second-order valence-electron chi connectivity index (χ2n) is 5.37. The van der Waals surface area contributed by atoms with Crippen LogP contribution in [0.5, 0.6) is 0 Å². The number of benzene rings is 2. The van der Waals surface area contributed by atoms with E-state index < -0.39 is 0 Å². The van der Waals surface area contributed by atoms with Crippen LogP contribution in [0, 0.1) is 6.92 Å². The van der Waals surface area contributed by atoms with Gasteiger partial charge in [-0.25, -0.2) is 4.98 Å². The highest BCUT2D eigenvalue weighted by atomic mass is 16.1. The van der Waals surface area contributed by atoms with Gasteiger partial charge in [0.2, 0.25) is 0 Å². The molecule has 0 aliphatic carbocycles. The minimum absolute atomic E-state index is 0.0920. The van der Waals surface area contributed by atoms with Crippen molar-refractivity contribution in [1.29, 1.82) is 0 Å². The lowest BCUT2D eigenvalue weighted by atomic mass is 10.1. The van der Waals surface area contributed by atoms with Crippen molar-refractivity contribution in [2.24, 2.45) is 0 Å². The first-order valence-corrected chi connectivity index (χ1v) is 7.76. The Hall–Kier alpha value is -3.20. The molecule has 1 heterocycles. The van der Waals surface area contributed by atoms with Crippen molar-refractivity contribution in [1.82, 2.24) is 9.55 Å². The van der Waals surface area contributed by atoms with E-state index in [1.807, 2.05) is 67.6 Å². The number of rotatable bonds is 4. The first kappa shape index (κ1) is 15.7. The average Bonchev–Trinajstić information content (AvgIpc) is 2.62. The molecule has 2 aromatic carbocycles. The zero-order valence-electron chi connectivity index (χ0n) is 13.5. The molecule has 0 fully saturated rings. The first-order valence-electron chi connectivity index (χ1n) is 7.76. The molecular formula is C21H18N2O. The molecule has 118 valence electrons. The van der Waals surface area contributed by atoms with Crippen molar-refractivity contribution < 1.29 is 0 Å². The molecule has 0 bridgehead atoms. The van der Waals surface area contributed by atoms with Crippen LogP contribution in [0.2, 0.25) is 0 Å². The molecule has 3 nitrogen and oxygen atoms in total. The lowest BCUT2D eigenvalue weighted by molar-refractivity contribution is 0.923. The molecule has 0 unspecified atom stereocenters. The van der Waals surface area contributed by atoms with E-state index in [2.05, 4.69) is 6.58 Å². The molecule has 0 N–H and O–H groups in total. The Bertz CT molecular complexity index is 939. The Morgan fingerprint density at radius 2 is 1.62 bits per heavy atom. The van der Waals surface area contributed by atoms with Gasteiger partial charge in [0.05, 0.1) is 16.9 Å². The second kappa shape index (κ2) is 6.92. The quantitative estimate of drug-likeness (QED) is 0.669. The van der Waals surface area contributed by atoms with E-state index >= 15 is 0 Å². The molecule has 3 aromatic rings. The number of nitrogens with zero attached hydrogens (tertiary/aromatic N) is 2. The van der Waals surface area contributed by atoms with Crippen LogP contribution in [0.4, 0.5) is 0 Å². The predicted octanol–water partition coefficient (Wildman–Crippen LogP) is 4.41. The van der Waals surface area contributed by atoms with Gasteiger partial charge in [0.25, 0.3) is 5.56 Å². The molecule has 0 atom stereocenters. The van der Waals surface area contributed by atoms with Gasteiger partial charge in [0.1, 0.15) is 5.82 Å². The fourth-order valence-corrected chi connectivity index (χ4v) is 2.59. The molecule has 0 saturated carbocycles. The van der Waals surface area contributed by atoms with Crippen molar-refractivity contribution in [3.05, 3.63) is 101 Å². The van der Waals surface area contributed by atoms with E-state index in [0.717, 1.165) is 11.3 Å². The van der Waals surface area contributed by atoms with Gasteiger partial charge >= 0.3 is 0 Å². The monoisotopic (exact) mass is 314 g/mol. The molecule has 0 aliphatic rings. The van der Waals surface area contributed by atoms with Crippen LogP contribution in [0.3, 0.4) is 0 Å². The molecule has 3 heteroatoms. The number of hydrogen-bond donors (Lipinski definition) is 0. The van der Waals surface area contributed by atoms with Gasteiger partial charge < -0.3 is 0 Å². The van der Waals surface area contributed by atoms with Crippen LogP contribution < -0.4 is 5.56 Å². The maximum absolute atomic E-state index is 13.1. The zero-order valence-corrected chi connectivity index (χ0v) is 13.5. The van der Waals surface area contributed by atoms with Gasteiger partial charge in [-0.15, -0.1) is 0 Å². The molecule has 0 spiro atoms. The molecule has 1 aromatic heterocycles. The first-order chi connectivity index (χ1) is 11.7. The Morgan fingerprint density at radius 3 is 2.25 bits per heavy atom. The van der Waals surface area contributed by atoms with E-state index in [9.17, 15) is 4.79 Å². The molecule has 0 saturated heterocycles. The summed E-state index contributed by atoms with van der Waals surface area (Å²) >= 11 is 0. The Morgan fingerprint density at radius 1 is 1.00 bits per heavy atom. The van der Waals surface area contributed by atoms with E-state index in [1.54, 1.807) is 22.8 Å². The summed E-state index contributed by atoms with van der Waals surface area (Å²) in [4.78, 5) is 17.8.